The fraction of sp³-hybridized carbons (Fsp3) is 0.435. The van der Waals surface area contributed by atoms with Crippen molar-refractivity contribution in [1.82, 2.24) is 15.2 Å². The molecular weight excluding hydrogens is 385 g/mol. The molecule has 2 amide bonds. The smallest absolute Gasteiger partial charge is 0.256 e. The van der Waals surface area contributed by atoms with Gasteiger partial charge in [0.2, 0.25) is 5.91 Å². The minimum absolute atomic E-state index is 0.0465. The van der Waals surface area contributed by atoms with Gasteiger partial charge < -0.3 is 15.0 Å². The van der Waals surface area contributed by atoms with Crippen molar-refractivity contribution < 1.29 is 18.7 Å². The summed E-state index contributed by atoms with van der Waals surface area (Å²) in [5.74, 6) is -1.26. The molecule has 0 aliphatic carbocycles. The lowest BCUT2D eigenvalue weighted by atomic mass is 9.71. The van der Waals surface area contributed by atoms with Crippen molar-refractivity contribution in [3.05, 3.63) is 65.7 Å². The Hall–Kier alpha value is -2.80. The fourth-order valence-corrected chi connectivity index (χ4v) is 4.58. The number of carbonyl (C=O) groups excluding carboxylic acids is 2. The van der Waals surface area contributed by atoms with E-state index in [1.54, 1.807) is 29.4 Å². The normalized spacial score (nSPS) is 20.3. The second kappa shape index (κ2) is 8.92. The van der Waals surface area contributed by atoms with Gasteiger partial charge in [0.1, 0.15) is 5.82 Å². The molecule has 30 heavy (non-hydrogen) atoms. The van der Waals surface area contributed by atoms with Crippen LogP contribution < -0.4 is 5.32 Å². The highest BCUT2D eigenvalue weighted by Gasteiger charge is 2.51. The van der Waals surface area contributed by atoms with Crippen molar-refractivity contribution in [1.29, 1.82) is 0 Å². The predicted molar refractivity (Wildman–Crippen MR) is 109 cm³/mol. The van der Waals surface area contributed by atoms with E-state index in [2.05, 4.69) is 10.3 Å². The zero-order valence-corrected chi connectivity index (χ0v) is 16.9. The molecule has 4 rings (SSSR count). The minimum atomic E-state index is -0.534. The van der Waals surface area contributed by atoms with Crippen molar-refractivity contribution in [3.63, 3.8) is 0 Å². The molecule has 1 aromatic heterocycles. The first-order valence-electron chi connectivity index (χ1n) is 10.4. The molecule has 1 atom stereocenters. The van der Waals surface area contributed by atoms with Crippen LogP contribution in [0.2, 0.25) is 0 Å². The summed E-state index contributed by atoms with van der Waals surface area (Å²) in [5, 5.41) is 3.04. The van der Waals surface area contributed by atoms with Crippen molar-refractivity contribution in [2.24, 2.45) is 11.3 Å². The molecule has 1 unspecified atom stereocenters. The molecule has 3 heterocycles. The van der Waals surface area contributed by atoms with Crippen molar-refractivity contribution in [2.75, 3.05) is 32.8 Å². The van der Waals surface area contributed by atoms with Gasteiger partial charge in [-0.3, -0.25) is 14.6 Å². The van der Waals surface area contributed by atoms with Crippen LogP contribution in [0, 0.1) is 17.2 Å². The second-order valence-corrected chi connectivity index (χ2v) is 8.09. The Morgan fingerprint density at radius 2 is 1.90 bits per heavy atom. The minimum Gasteiger partial charge on any atom is -0.381 e. The highest BCUT2D eigenvalue weighted by molar-refractivity contribution is 5.95. The van der Waals surface area contributed by atoms with Crippen LogP contribution in [0.5, 0.6) is 0 Å². The third kappa shape index (κ3) is 4.21. The maximum Gasteiger partial charge on any atom is 0.256 e. The molecule has 158 valence electrons. The number of pyridine rings is 1. The molecule has 0 saturated carbocycles. The molecule has 1 N–H and O–H groups in total. The van der Waals surface area contributed by atoms with Gasteiger partial charge in [0.25, 0.3) is 5.91 Å². The lowest BCUT2D eigenvalue weighted by Gasteiger charge is -2.37. The Balaban J connectivity index is 1.46. The summed E-state index contributed by atoms with van der Waals surface area (Å²) >= 11 is 0. The van der Waals surface area contributed by atoms with E-state index in [4.69, 9.17) is 4.74 Å². The number of nitrogens with one attached hydrogen (secondary N) is 1. The topological polar surface area (TPSA) is 71.5 Å². The molecule has 1 aromatic carbocycles. The Labute approximate surface area is 175 Å². The Morgan fingerprint density at radius 3 is 2.63 bits per heavy atom. The van der Waals surface area contributed by atoms with E-state index < -0.39 is 5.82 Å². The molecule has 6 nitrogen and oxygen atoms in total. The molecule has 2 fully saturated rings. The molecule has 1 spiro atoms. The van der Waals surface area contributed by atoms with Gasteiger partial charge >= 0.3 is 0 Å². The average Bonchev–Trinajstić information content (AvgIpc) is 3.13. The summed E-state index contributed by atoms with van der Waals surface area (Å²) in [6.07, 6.45) is 5.62. The van der Waals surface area contributed by atoms with Crippen molar-refractivity contribution in [3.8, 4) is 0 Å². The third-order valence-electron chi connectivity index (χ3n) is 6.31. The molecule has 0 bridgehead atoms. The van der Waals surface area contributed by atoms with Crippen LogP contribution >= 0.6 is 0 Å². The van der Waals surface area contributed by atoms with E-state index in [-0.39, 0.29) is 28.7 Å². The van der Waals surface area contributed by atoms with Gasteiger partial charge in [0, 0.05) is 50.7 Å². The molecule has 2 aliphatic heterocycles. The van der Waals surface area contributed by atoms with Gasteiger partial charge in [0.15, 0.2) is 0 Å². The number of rotatable bonds is 5. The molecule has 2 aromatic rings. The number of amides is 2. The number of nitrogens with zero attached hydrogens (tertiary/aromatic N) is 2. The first kappa shape index (κ1) is 20.5. The van der Waals surface area contributed by atoms with E-state index in [1.165, 1.54) is 12.1 Å². The van der Waals surface area contributed by atoms with Crippen LogP contribution in [0.4, 0.5) is 4.39 Å². The van der Waals surface area contributed by atoms with Crippen LogP contribution in [0.3, 0.4) is 0 Å². The maximum absolute atomic E-state index is 14.2. The first-order valence-corrected chi connectivity index (χ1v) is 10.4. The Kier molecular flexibility index (Phi) is 6.08. The van der Waals surface area contributed by atoms with Crippen LogP contribution in [-0.4, -0.2) is 54.5 Å². The second-order valence-electron chi connectivity index (χ2n) is 8.09. The third-order valence-corrected chi connectivity index (χ3v) is 6.31. The van der Waals surface area contributed by atoms with Gasteiger partial charge in [-0.25, -0.2) is 4.39 Å². The lowest BCUT2D eigenvalue weighted by Crippen LogP contribution is -2.44. The summed E-state index contributed by atoms with van der Waals surface area (Å²) < 4.78 is 19.7. The number of aromatic nitrogens is 1. The van der Waals surface area contributed by atoms with E-state index >= 15 is 0 Å². The summed E-state index contributed by atoms with van der Waals surface area (Å²) in [6.45, 7) is 2.42. The summed E-state index contributed by atoms with van der Waals surface area (Å²) in [4.78, 5) is 31.7. The predicted octanol–water partition coefficient (Wildman–Crippen LogP) is 2.45. The number of likely N-dealkylation sites (tertiary alicyclic amines) is 1. The Bertz CT molecular complexity index is 900. The van der Waals surface area contributed by atoms with Crippen LogP contribution in [0.25, 0.3) is 0 Å². The summed E-state index contributed by atoms with van der Waals surface area (Å²) in [5.41, 5.74) is 0.840. The van der Waals surface area contributed by atoms with Crippen molar-refractivity contribution in [2.45, 2.75) is 19.3 Å². The number of halogens is 1. The Morgan fingerprint density at radius 1 is 1.17 bits per heavy atom. The van der Waals surface area contributed by atoms with Crippen LogP contribution in [-0.2, 0) is 16.0 Å². The van der Waals surface area contributed by atoms with Gasteiger partial charge in [-0.15, -0.1) is 0 Å². The molecule has 0 radical (unpaired) electrons. The standard InChI is InChI=1S/C23H26FN3O3/c24-20-4-2-1-3-18(20)22(29)27-15-19(23(16-27)8-13-30-14-9-23)21(28)26-12-7-17-5-10-25-11-6-17/h1-6,10-11,19H,7-9,12-16H2,(H,26,28). The van der Waals surface area contributed by atoms with Crippen molar-refractivity contribution >= 4 is 11.8 Å². The SMILES string of the molecule is O=C(NCCc1ccncc1)C1CN(C(=O)c2ccccc2F)CC12CCOCC2. The molecular formula is C23H26FN3O3. The zero-order chi connectivity index (χ0) is 21.0. The maximum atomic E-state index is 14.2. The summed E-state index contributed by atoms with van der Waals surface area (Å²) in [6, 6.07) is 9.86. The quantitative estimate of drug-likeness (QED) is 0.821. The number of ether oxygens (including phenoxy) is 1. The highest BCUT2D eigenvalue weighted by atomic mass is 19.1. The number of hydrogen-bond acceptors (Lipinski definition) is 4. The van der Waals surface area contributed by atoms with Gasteiger partial charge in [0.05, 0.1) is 11.5 Å². The van der Waals surface area contributed by atoms with E-state index in [1.807, 2.05) is 12.1 Å². The lowest BCUT2D eigenvalue weighted by molar-refractivity contribution is -0.129. The molecule has 7 heteroatoms. The van der Waals surface area contributed by atoms with E-state index in [0.29, 0.717) is 32.8 Å². The molecule has 2 aliphatic rings. The number of hydrogen-bond donors (Lipinski definition) is 1. The monoisotopic (exact) mass is 411 g/mol. The highest BCUT2D eigenvalue weighted by Crippen LogP contribution is 2.44. The number of carbonyl (C=O) groups is 2. The van der Waals surface area contributed by atoms with Gasteiger partial charge in [-0.2, -0.15) is 0 Å². The average molecular weight is 411 g/mol. The largest absolute Gasteiger partial charge is 0.381 e. The first-order chi connectivity index (χ1) is 14.6. The fourth-order valence-electron chi connectivity index (χ4n) is 4.58. The molecule has 2 saturated heterocycles. The van der Waals surface area contributed by atoms with Gasteiger partial charge in [-0.1, -0.05) is 12.1 Å². The van der Waals surface area contributed by atoms with E-state index in [0.717, 1.165) is 24.8 Å². The summed E-state index contributed by atoms with van der Waals surface area (Å²) in [7, 11) is 0. The zero-order valence-electron chi connectivity index (χ0n) is 16.9. The van der Waals surface area contributed by atoms with E-state index in [9.17, 15) is 14.0 Å². The number of benzene rings is 1. The van der Waals surface area contributed by atoms with Crippen LogP contribution in [0.1, 0.15) is 28.8 Å². The van der Waals surface area contributed by atoms with Crippen LogP contribution in [0.15, 0.2) is 48.8 Å². The van der Waals surface area contributed by atoms with Gasteiger partial charge in [-0.05, 0) is 49.1 Å².